The Balaban J connectivity index is 2.26. The quantitative estimate of drug-likeness (QED) is 0.668. The number of rotatable bonds is 4. The van der Waals surface area contributed by atoms with Gasteiger partial charge in [0.2, 0.25) is 0 Å². The highest BCUT2D eigenvalue weighted by molar-refractivity contribution is 6.33. The average molecular weight is 333 g/mol. The number of amides is 1. The van der Waals surface area contributed by atoms with Crippen molar-refractivity contribution in [1.82, 2.24) is 5.32 Å². The molecule has 0 saturated carbocycles. The second kappa shape index (κ2) is 6.79. The van der Waals surface area contributed by atoms with Crippen molar-refractivity contribution in [2.45, 2.75) is 26.8 Å². The number of nitrogens with one attached hydrogen (secondary N) is 1. The summed E-state index contributed by atoms with van der Waals surface area (Å²) in [4.78, 5) is 22.7. The second-order valence-electron chi connectivity index (χ2n) is 5.48. The highest BCUT2D eigenvalue weighted by atomic mass is 35.5. The zero-order valence-corrected chi connectivity index (χ0v) is 13.8. The molecular formula is C17H17ClN2O3. The zero-order valence-electron chi connectivity index (χ0n) is 13.1. The normalized spacial score (nSPS) is 11.8. The minimum atomic E-state index is -0.554. The summed E-state index contributed by atoms with van der Waals surface area (Å²) < 4.78 is 0. The SMILES string of the molecule is Cc1ccc(C)c([C@@H](C)NC(=O)c2cc([N+](=O)[O-])ccc2Cl)c1. The van der Waals surface area contributed by atoms with Gasteiger partial charge in [0, 0.05) is 12.1 Å². The summed E-state index contributed by atoms with van der Waals surface area (Å²) in [6, 6.07) is 9.59. The van der Waals surface area contributed by atoms with Crippen LogP contribution in [0.1, 0.15) is 40.0 Å². The molecule has 0 heterocycles. The molecule has 2 rings (SSSR count). The van der Waals surface area contributed by atoms with Gasteiger partial charge in [-0.25, -0.2) is 0 Å². The molecule has 2 aromatic carbocycles. The predicted octanol–water partition coefficient (Wildman–Crippen LogP) is 4.36. The van der Waals surface area contributed by atoms with Crippen LogP contribution in [0.2, 0.25) is 5.02 Å². The zero-order chi connectivity index (χ0) is 17.1. The van der Waals surface area contributed by atoms with Crippen LogP contribution in [0.4, 0.5) is 5.69 Å². The summed E-state index contributed by atoms with van der Waals surface area (Å²) >= 11 is 6.00. The lowest BCUT2D eigenvalue weighted by molar-refractivity contribution is -0.384. The Kier molecular flexibility index (Phi) is 5.01. The number of benzene rings is 2. The van der Waals surface area contributed by atoms with Crippen LogP contribution in [0.3, 0.4) is 0 Å². The monoisotopic (exact) mass is 332 g/mol. The van der Waals surface area contributed by atoms with E-state index >= 15 is 0 Å². The Bertz CT molecular complexity index is 774. The largest absolute Gasteiger partial charge is 0.345 e. The minimum absolute atomic E-state index is 0.0954. The van der Waals surface area contributed by atoms with E-state index in [-0.39, 0.29) is 22.3 Å². The molecule has 5 nitrogen and oxygen atoms in total. The Morgan fingerprint density at radius 3 is 2.57 bits per heavy atom. The second-order valence-corrected chi connectivity index (χ2v) is 5.88. The van der Waals surface area contributed by atoms with Gasteiger partial charge in [0.25, 0.3) is 11.6 Å². The number of non-ortho nitro benzene ring substituents is 1. The number of nitro groups is 1. The third-order valence-electron chi connectivity index (χ3n) is 3.65. The van der Waals surface area contributed by atoms with Crippen molar-refractivity contribution in [2.75, 3.05) is 0 Å². The summed E-state index contributed by atoms with van der Waals surface area (Å²) in [5, 5.41) is 13.9. The van der Waals surface area contributed by atoms with Crippen LogP contribution < -0.4 is 5.32 Å². The summed E-state index contributed by atoms with van der Waals surface area (Å²) in [6.07, 6.45) is 0. The summed E-state index contributed by atoms with van der Waals surface area (Å²) in [7, 11) is 0. The van der Waals surface area contributed by atoms with Gasteiger partial charge in [-0.1, -0.05) is 35.4 Å². The molecule has 0 spiro atoms. The lowest BCUT2D eigenvalue weighted by Gasteiger charge is -2.17. The molecule has 0 saturated heterocycles. The van der Waals surface area contributed by atoms with Crippen molar-refractivity contribution in [1.29, 1.82) is 0 Å². The molecule has 1 N–H and O–H groups in total. The first-order chi connectivity index (χ1) is 10.8. The van der Waals surface area contributed by atoms with Crippen molar-refractivity contribution in [3.63, 3.8) is 0 Å². The average Bonchev–Trinajstić information content (AvgIpc) is 2.49. The molecular weight excluding hydrogens is 316 g/mol. The predicted molar refractivity (Wildman–Crippen MR) is 89.9 cm³/mol. The van der Waals surface area contributed by atoms with Gasteiger partial charge in [-0.15, -0.1) is 0 Å². The van der Waals surface area contributed by atoms with Gasteiger partial charge < -0.3 is 5.32 Å². The molecule has 0 aromatic heterocycles. The fourth-order valence-electron chi connectivity index (χ4n) is 2.38. The third-order valence-corrected chi connectivity index (χ3v) is 3.98. The van der Waals surface area contributed by atoms with E-state index in [1.807, 2.05) is 39.0 Å². The summed E-state index contributed by atoms with van der Waals surface area (Å²) in [5.41, 5.74) is 3.09. The van der Waals surface area contributed by atoms with Gasteiger partial charge in [-0.2, -0.15) is 0 Å². The molecule has 23 heavy (non-hydrogen) atoms. The molecule has 2 aromatic rings. The van der Waals surface area contributed by atoms with E-state index in [4.69, 9.17) is 11.6 Å². The van der Waals surface area contributed by atoms with Crippen molar-refractivity contribution in [2.24, 2.45) is 0 Å². The fourth-order valence-corrected chi connectivity index (χ4v) is 2.58. The van der Waals surface area contributed by atoms with Crippen LogP contribution in [0.15, 0.2) is 36.4 Å². The first-order valence-electron chi connectivity index (χ1n) is 7.11. The maximum atomic E-state index is 12.4. The number of aryl methyl sites for hydroxylation is 2. The molecule has 6 heteroatoms. The highest BCUT2D eigenvalue weighted by Gasteiger charge is 2.18. The van der Waals surface area contributed by atoms with E-state index < -0.39 is 10.8 Å². The number of carbonyl (C=O) groups is 1. The van der Waals surface area contributed by atoms with Crippen molar-refractivity contribution < 1.29 is 9.72 Å². The molecule has 0 aliphatic heterocycles. The molecule has 0 radical (unpaired) electrons. The van der Waals surface area contributed by atoms with Crippen LogP contribution >= 0.6 is 11.6 Å². The Labute approximate surface area is 139 Å². The third kappa shape index (κ3) is 3.87. The molecule has 0 aliphatic rings. The van der Waals surface area contributed by atoms with Crippen LogP contribution in [0.25, 0.3) is 0 Å². The van der Waals surface area contributed by atoms with Gasteiger partial charge in [0.15, 0.2) is 0 Å². The van der Waals surface area contributed by atoms with Crippen LogP contribution in [-0.4, -0.2) is 10.8 Å². The maximum absolute atomic E-state index is 12.4. The van der Waals surface area contributed by atoms with E-state index in [1.165, 1.54) is 18.2 Å². The molecule has 0 aliphatic carbocycles. The molecule has 1 amide bonds. The van der Waals surface area contributed by atoms with Crippen LogP contribution in [-0.2, 0) is 0 Å². The molecule has 0 unspecified atom stereocenters. The fraction of sp³-hybridized carbons (Fsp3) is 0.235. The van der Waals surface area contributed by atoms with Gasteiger partial charge in [0.05, 0.1) is 21.6 Å². The maximum Gasteiger partial charge on any atom is 0.270 e. The number of nitrogens with zero attached hydrogens (tertiary/aromatic N) is 1. The first kappa shape index (κ1) is 17.0. The number of nitro benzene ring substituents is 1. The van der Waals surface area contributed by atoms with Crippen LogP contribution in [0, 0.1) is 24.0 Å². The standard InChI is InChI=1S/C17H17ClN2O3/c1-10-4-5-11(2)14(8-10)12(3)19-17(21)15-9-13(20(22)23)6-7-16(15)18/h4-9,12H,1-3H3,(H,19,21)/t12-/m1/s1. The molecule has 0 fully saturated rings. The smallest absolute Gasteiger partial charge is 0.270 e. The molecule has 1 atom stereocenters. The highest BCUT2D eigenvalue weighted by Crippen LogP contribution is 2.24. The van der Waals surface area contributed by atoms with E-state index in [0.717, 1.165) is 16.7 Å². The Hall–Kier alpha value is -2.40. The number of carbonyl (C=O) groups excluding carboxylic acids is 1. The lowest BCUT2D eigenvalue weighted by atomic mass is 9.99. The van der Waals surface area contributed by atoms with Crippen LogP contribution in [0.5, 0.6) is 0 Å². The van der Waals surface area contributed by atoms with Crippen molar-refractivity contribution in [3.8, 4) is 0 Å². The topological polar surface area (TPSA) is 72.2 Å². The number of hydrogen-bond acceptors (Lipinski definition) is 3. The molecule has 120 valence electrons. The van der Waals surface area contributed by atoms with Gasteiger partial charge in [0.1, 0.15) is 0 Å². The number of hydrogen-bond donors (Lipinski definition) is 1. The van der Waals surface area contributed by atoms with E-state index in [0.29, 0.717) is 0 Å². The first-order valence-corrected chi connectivity index (χ1v) is 7.49. The van der Waals surface area contributed by atoms with E-state index in [9.17, 15) is 14.9 Å². The number of halogens is 1. The van der Waals surface area contributed by atoms with Gasteiger partial charge in [-0.05, 0) is 38.0 Å². The van der Waals surface area contributed by atoms with Crippen molar-refractivity contribution in [3.05, 3.63) is 73.8 Å². The minimum Gasteiger partial charge on any atom is -0.345 e. The molecule has 0 bridgehead atoms. The lowest BCUT2D eigenvalue weighted by Crippen LogP contribution is -2.27. The Morgan fingerprint density at radius 1 is 1.22 bits per heavy atom. The summed E-state index contributed by atoms with van der Waals surface area (Å²) in [5.74, 6) is -0.438. The van der Waals surface area contributed by atoms with E-state index in [2.05, 4.69) is 5.32 Å². The van der Waals surface area contributed by atoms with Gasteiger partial charge >= 0.3 is 0 Å². The van der Waals surface area contributed by atoms with E-state index in [1.54, 1.807) is 0 Å². The van der Waals surface area contributed by atoms with Gasteiger partial charge in [-0.3, -0.25) is 14.9 Å². The van der Waals surface area contributed by atoms with Crippen molar-refractivity contribution >= 4 is 23.2 Å². The summed E-state index contributed by atoms with van der Waals surface area (Å²) in [6.45, 7) is 5.82. The Morgan fingerprint density at radius 2 is 1.91 bits per heavy atom.